The van der Waals surface area contributed by atoms with E-state index < -0.39 is 6.04 Å². The van der Waals surface area contributed by atoms with Crippen LogP contribution in [0.4, 0.5) is 0 Å². The van der Waals surface area contributed by atoms with Gasteiger partial charge in [-0.1, -0.05) is 20.8 Å². The topological polar surface area (TPSA) is 75.4 Å². The van der Waals surface area contributed by atoms with Crippen molar-refractivity contribution in [1.82, 2.24) is 10.2 Å². The Balaban J connectivity index is 2.36. The van der Waals surface area contributed by atoms with E-state index in [2.05, 4.69) is 12.2 Å². The third kappa shape index (κ3) is 5.59. The minimum atomic E-state index is -0.546. The molecule has 1 fully saturated rings. The summed E-state index contributed by atoms with van der Waals surface area (Å²) < 4.78 is 0. The van der Waals surface area contributed by atoms with Gasteiger partial charge < -0.3 is 16.0 Å². The SMILES string of the molecule is CCCN(CC1CC1)C(=O)CNC(=O)[C@@H](N)C(C)C. The fourth-order valence-electron chi connectivity index (χ4n) is 1.89. The Morgan fingerprint density at radius 2 is 2.00 bits per heavy atom. The molecule has 19 heavy (non-hydrogen) atoms. The highest BCUT2D eigenvalue weighted by atomic mass is 16.2. The van der Waals surface area contributed by atoms with E-state index in [1.807, 2.05) is 18.7 Å². The third-order valence-corrected chi connectivity index (χ3v) is 3.46. The van der Waals surface area contributed by atoms with Gasteiger partial charge in [0.05, 0.1) is 12.6 Å². The maximum absolute atomic E-state index is 12.1. The number of nitrogens with zero attached hydrogens (tertiary/aromatic N) is 1. The van der Waals surface area contributed by atoms with Crippen LogP contribution in [0.15, 0.2) is 0 Å². The maximum Gasteiger partial charge on any atom is 0.241 e. The molecule has 0 unspecified atom stereocenters. The molecule has 0 aliphatic heterocycles. The minimum absolute atomic E-state index is 0.00180. The van der Waals surface area contributed by atoms with E-state index in [4.69, 9.17) is 5.73 Å². The van der Waals surface area contributed by atoms with Crippen molar-refractivity contribution in [2.45, 2.75) is 46.1 Å². The summed E-state index contributed by atoms with van der Waals surface area (Å²) in [5, 5.41) is 2.64. The van der Waals surface area contributed by atoms with E-state index in [0.29, 0.717) is 5.92 Å². The summed E-state index contributed by atoms with van der Waals surface area (Å²) in [6, 6.07) is -0.546. The third-order valence-electron chi connectivity index (χ3n) is 3.46. The monoisotopic (exact) mass is 269 g/mol. The fourth-order valence-corrected chi connectivity index (χ4v) is 1.89. The van der Waals surface area contributed by atoms with Crippen molar-refractivity contribution in [3.8, 4) is 0 Å². The van der Waals surface area contributed by atoms with Crippen molar-refractivity contribution in [3.63, 3.8) is 0 Å². The number of nitrogens with one attached hydrogen (secondary N) is 1. The first-order valence-electron chi connectivity index (χ1n) is 7.26. The van der Waals surface area contributed by atoms with E-state index in [1.165, 1.54) is 12.8 Å². The lowest BCUT2D eigenvalue weighted by Gasteiger charge is -2.23. The van der Waals surface area contributed by atoms with Crippen LogP contribution in [-0.2, 0) is 9.59 Å². The van der Waals surface area contributed by atoms with Gasteiger partial charge in [0, 0.05) is 13.1 Å². The van der Waals surface area contributed by atoms with Crippen LogP contribution in [0.3, 0.4) is 0 Å². The Morgan fingerprint density at radius 3 is 2.47 bits per heavy atom. The molecule has 110 valence electrons. The van der Waals surface area contributed by atoms with Gasteiger partial charge >= 0.3 is 0 Å². The molecule has 1 atom stereocenters. The normalized spacial score (nSPS) is 16.3. The highest BCUT2D eigenvalue weighted by molar-refractivity contribution is 5.87. The summed E-state index contributed by atoms with van der Waals surface area (Å²) in [5.74, 6) is 0.502. The average Bonchev–Trinajstić information content (AvgIpc) is 3.17. The predicted molar refractivity (Wildman–Crippen MR) is 75.4 cm³/mol. The Labute approximate surface area is 115 Å². The van der Waals surface area contributed by atoms with E-state index in [9.17, 15) is 9.59 Å². The summed E-state index contributed by atoms with van der Waals surface area (Å²) in [5.41, 5.74) is 5.73. The van der Waals surface area contributed by atoms with Crippen LogP contribution in [0.25, 0.3) is 0 Å². The van der Waals surface area contributed by atoms with Gasteiger partial charge in [-0.15, -0.1) is 0 Å². The first-order valence-corrected chi connectivity index (χ1v) is 7.26. The summed E-state index contributed by atoms with van der Waals surface area (Å²) in [6.07, 6.45) is 3.38. The van der Waals surface area contributed by atoms with Crippen LogP contribution in [-0.4, -0.2) is 42.4 Å². The minimum Gasteiger partial charge on any atom is -0.346 e. The van der Waals surface area contributed by atoms with Crippen molar-refractivity contribution in [2.24, 2.45) is 17.6 Å². The van der Waals surface area contributed by atoms with Crippen LogP contribution >= 0.6 is 0 Å². The van der Waals surface area contributed by atoms with Gasteiger partial charge in [-0.25, -0.2) is 0 Å². The molecule has 1 saturated carbocycles. The van der Waals surface area contributed by atoms with E-state index in [0.717, 1.165) is 19.5 Å². The predicted octanol–water partition coefficient (Wildman–Crippen LogP) is 0.735. The number of hydrogen-bond donors (Lipinski definition) is 2. The van der Waals surface area contributed by atoms with Crippen molar-refractivity contribution in [2.75, 3.05) is 19.6 Å². The summed E-state index contributed by atoms with van der Waals surface area (Å²) >= 11 is 0. The summed E-state index contributed by atoms with van der Waals surface area (Å²) in [7, 11) is 0. The Bertz CT molecular complexity index is 314. The van der Waals surface area contributed by atoms with Gasteiger partial charge in [-0.3, -0.25) is 9.59 Å². The number of carbonyl (C=O) groups excluding carboxylic acids is 2. The highest BCUT2D eigenvalue weighted by Gasteiger charge is 2.26. The summed E-state index contributed by atoms with van der Waals surface area (Å²) in [4.78, 5) is 25.6. The molecule has 1 aliphatic carbocycles. The smallest absolute Gasteiger partial charge is 0.241 e. The number of carbonyl (C=O) groups is 2. The lowest BCUT2D eigenvalue weighted by atomic mass is 10.1. The molecule has 1 rings (SSSR count). The summed E-state index contributed by atoms with van der Waals surface area (Å²) in [6.45, 7) is 7.50. The molecule has 0 radical (unpaired) electrons. The number of nitrogens with two attached hydrogens (primary N) is 1. The largest absolute Gasteiger partial charge is 0.346 e. The number of hydrogen-bond acceptors (Lipinski definition) is 3. The maximum atomic E-state index is 12.1. The zero-order valence-corrected chi connectivity index (χ0v) is 12.3. The van der Waals surface area contributed by atoms with Crippen LogP contribution in [0.2, 0.25) is 0 Å². The van der Waals surface area contributed by atoms with Gasteiger partial charge in [0.15, 0.2) is 0 Å². The Kier molecular flexibility index (Phi) is 6.28. The van der Waals surface area contributed by atoms with Crippen molar-refractivity contribution < 1.29 is 9.59 Å². The molecule has 5 nitrogen and oxygen atoms in total. The molecule has 0 spiro atoms. The van der Waals surface area contributed by atoms with Gasteiger partial charge in [0.2, 0.25) is 11.8 Å². The zero-order chi connectivity index (χ0) is 14.4. The molecule has 1 aliphatic rings. The Hall–Kier alpha value is -1.10. The van der Waals surface area contributed by atoms with Crippen molar-refractivity contribution in [1.29, 1.82) is 0 Å². The first kappa shape index (κ1) is 16.0. The molecule has 3 N–H and O–H groups in total. The molecular weight excluding hydrogens is 242 g/mol. The van der Waals surface area contributed by atoms with Crippen LogP contribution in [0, 0.1) is 11.8 Å². The molecule has 0 saturated heterocycles. The lowest BCUT2D eigenvalue weighted by molar-refractivity contribution is -0.133. The first-order chi connectivity index (χ1) is 8.95. The Morgan fingerprint density at radius 1 is 1.37 bits per heavy atom. The molecule has 5 heteroatoms. The van der Waals surface area contributed by atoms with Crippen LogP contribution < -0.4 is 11.1 Å². The quantitative estimate of drug-likeness (QED) is 0.682. The average molecular weight is 269 g/mol. The van der Waals surface area contributed by atoms with Gasteiger partial charge in [0.1, 0.15) is 0 Å². The van der Waals surface area contributed by atoms with E-state index in [1.54, 1.807) is 0 Å². The van der Waals surface area contributed by atoms with Crippen molar-refractivity contribution >= 4 is 11.8 Å². The van der Waals surface area contributed by atoms with Gasteiger partial charge in [0.25, 0.3) is 0 Å². The standard InChI is InChI=1S/C14H27N3O2/c1-4-7-17(9-11-5-6-11)12(18)8-16-14(19)13(15)10(2)3/h10-11,13H,4-9,15H2,1-3H3,(H,16,19)/t13-/m0/s1. The molecule has 0 aromatic carbocycles. The molecule has 2 amide bonds. The van der Waals surface area contributed by atoms with E-state index >= 15 is 0 Å². The van der Waals surface area contributed by atoms with Gasteiger partial charge in [-0.2, -0.15) is 0 Å². The molecule has 0 heterocycles. The second-order valence-corrected chi connectivity index (χ2v) is 5.77. The lowest BCUT2D eigenvalue weighted by Crippen LogP contribution is -2.48. The van der Waals surface area contributed by atoms with Gasteiger partial charge in [-0.05, 0) is 31.1 Å². The second-order valence-electron chi connectivity index (χ2n) is 5.77. The fraction of sp³-hybridized carbons (Fsp3) is 0.857. The van der Waals surface area contributed by atoms with Crippen LogP contribution in [0.1, 0.15) is 40.0 Å². The second kappa shape index (κ2) is 7.48. The molecule has 0 aromatic rings. The van der Waals surface area contributed by atoms with E-state index in [-0.39, 0.29) is 24.3 Å². The number of rotatable bonds is 8. The van der Waals surface area contributed by atoms with Crippen molar-refractivity contribution in [3.05, 3.63) is 0 Å². The van der Waals surface area contributed by atoms with Crippen LogP contribution in [0.5, 0.6) is 0 Å². The number of amides is 2. The molecular formula is C14H27N3O2. The highest BCUT2D eigenvalue weighted by Crippen LogP contribution is 2.29. The molecule has 0 aromatic heterocycles. The zero-order valence-electron chi connectivity index (χ0n) is 12.3. The molecule has 0 bridgehead atoms.